The molecule has 25 heavy (non-hydrogen) atoms. The van der Waals surface area contributed by atoms with Crippen LogP contribution in [0, 0.1) is 45.8 Å². The smallest absolute Gasteiger partial charge is 0.00146 e. The third-order valence-electron chi connectivity index (χ3n) is 10.9. The highest BCUT2D eigenvalue weighted by Crippen LogP contribution is 2.90. The van der Waals surface area contributed by atoms with Crippen LogP contribution in [0.3, 0.4) is 0 Å². The molecule has 134 valence electrons. The Hall–Kier alpha value is -0.780. The Kier molecular flexibility index (Phi) is 2.67. The average molecular weight is 335 g/mol. The van der Waals surface area contributed by atoms with Gasteiger partial charge < -0.3 is 0 Å². The van der Waals surface area contributed by atoms with E-state index in [9.17, 15) is 0 Å². The first-order valence-corrected chi connectivity index (χ1v) is 11.0. The van der Waals surface area contributed by atoms with Crippen LogP contribution in [0.15, 0.2) is 35.5 Å². The molecule has 0 N–H and O–H groups in total. The molecule has 6 aliphatic rings. The Balaban J connectivity index is 1.46. The van der Waals surface area contributed by atoms with Crippen LogP contribution in [0.5, 0.6) is 0 Å². The van der Waals surface area contributed by atoms with Crippen molar-refractivity contribution in [1.29, 1.82) is 0 Å². The molecule has 0 saturated heterocycles. The molecule has 5 fully saturated rings. The number of hydrogen-bond donors (Lipinski definition) is 0. The minimum atomic E-state index is 0.539. The van der Waals surface area contributed by atoms with Gasteiger partial charge in [0, 0.05) is 5.41 Å². The van der Waals surface area contributed by atoms with E-state index in [2.05, 4.69) is 39.5 Å². The van der Waals surface area contributed by atoms with Crippen molar-refractivity contribution in [2.24, 2.45) is 45.8 Å². The average Bonchev–Trinajstić information content (AvgIpc) is 2.88. The van der Waals surface area contributed by atoms with E-state index in [4.69, 9.17) is 0 Å². The van der Waals surface area contributed by atoms with Crippen LogP contribution in [0.4, 0.5) is 0 Å². The van der Waals surface area contributed by atoms with E-state index in [0.29, 0.717) is 16.2 Å². The molecule has 0 heteroatoms. The normalized spacial score (nSPS) is 59.8. The third kappa shape index (κ3) is 1.41. The summed E-state index contributed by atoms with van der Waals surface area (Å²) in [5, 5.41) is 0. The second-order valence-corrected chi connectivity index (χ2v) is 10.8. The van der Waals surface area contributed by atoms with E-state index in [-0.39, 0.29) is 0 Å². The van der Waals surface area contributed by atoms with E-state index < -0.39 is 0 Å². The zero-order valence-corrected chi connectivity index (χ0v) is 16.4. The lowest BCUT2D eigenvalue weighted by Crippen LogP contribution is -2.46. The molecule has 0 aromatic heterocycles. The van der Waals surface area contributed by atoms with Gasteiger partial charge in [-0.05, 0) is 98.7 Å². The fraction of sp³-hybridized carbons (Fsp3) is 0.760. The Bertz CT molecular complexity index is 737. The van der Waals surface area contributed by atoms with Crippen molar-refractivity contribution in [3.05, 3.63) is 35.5 Å². The second kappa shape index (κ2) is 4.37. The van der Waals surface area contributed by atoms with Gasteiger partial charge in [0.1, 0.15) is 0 Å². The molecule has 0 radical (unpaired) electrons. The monoisotopic (exact) mass is 334 g/mol. The Morgan fingerprint density at radius 3 is 2.80 bits per heavy atom. The first-order chi connectivity index (χ1) is 12.0. The minimum Gasteiger partial charge on any atom is -0.0958 e. The van der Waals surface area contributed by atoms with Crippen molar-refractivity contribution >= 4 is 0 Å². The summed E-state index contributed by atoms with van der Waals surface area (Å²) in [4.78, 5) is 0. The van der Waals surface area contributed by atoms with Gasteiger partial charge in [-0.15, -0.1) is 0 Å². The van der Waals surface area contributed by atoms with Crippen molar-refractivity contribution in [1.82, 2.24) is 0 Å². The van der Waals surface area contributed by atoms with Gasteiger partial charge in [-0.3, -0.25) is 0 Å². The number of allylic oxidation sites excluding steroid dienone is 5. The second-order valence-electron chi connectivity index (χ2n) is 10.8. The zero-order valence-electron chi connectivity index (χ0n) is 16.4. The van der Waals surface area contributed by atoms with Crippen molar-refractivity contribution in [2.75, 3.05) is 0 Å². The van der Waals surface area contributed by atoms with Gasteiger partial charge in [0.05, 0.1) is 0 Å². The highest BCUT2D eigenvalue weighted by Gasteiger charge is 2.84. The summed E-state index contributed by atoms with van der Waals surface area (Å²) in [7, 11) is 0. The summed E-state index contributed by atoms with van der Waals surface area (Å²) in [5.74, 6) is 4.88. The van der Waals surface area contributed by atoms with Gasteiger partial charge in [0.2, 0.25) is 0 Å². The van der Waals surface area contributed by atoms with Gasteiger partial charge in [-0.2, -0.15) is 0 Å². The molecule has 0 aromatic rings. The third-order valence-corrected chi connectivity index (χ3v) is 10.9. The van der Waals surface area contributed by atoms with Crippen LogP contribution < -0.4 is 0 Å². The first-order valence-electron chi connectivity index (χ1n) is 11.0. The fourth-order valence-electron chi connectivity index (χ4n) is 10.0. The maximum absolute atomic E-state index is 4.35. The maximum atomic E-state index is 4.35. The Morgan fingerprint density at radius 2 is 2.00 bits per heavy atom. The molecule has 8 unspecified atom stereocenters. The molecule has 0 aliphatic heterocycles. The van der Waals surface area contributed by atoms with Gasteiger partial charge in [0.25, 0.3) is 0 Å². The topological polar surface area (TPSA) is 0 Å². The summed E-state index contributed by atoms with van der Waals surface area (Å²) in [6.45, 7) is 11.9. The molecule has 0 heterocycles. The first kappa shape index (κ1) is 15.3. The quantitative estimate of drug-likeness (QED) is 0.432. The SMILES string of the molecule is C=C1C=C2C3CC4C5CC/C(=C/C)C5(C)CCC4C4(C3)C(C)C24CC1. The Morgan fingerprint density at radius 1 is 1.16 bits per heavy atom. The van der Waals surface area contributed by atoms with Gasteiger partial charge in [-0.1, -0.05) is 49.3 Å². The molecular formula is C25H34. The predicted molar refractivity (Wildman–Crippen MR) is 104 cm³/mol. The number of fused-ring (bicyclic) bond motifs is 5. The molecule has 6 rings (SSSR count). The van der Waals surface area contributed by atoms with Gasteiger partial charge in [-0.25, -0.2) is 0 Å². The summed E-state index contributed by atoms with van der Waals surface area (Å²) in [6, 6.07) is 0. The minimum absolute atomic E-state index is 0.539. The van der Waals surface area contributed by atoms with E-state index in [1.165, 1.54) is 56.9 Å². The molecule has 2 bridgehead atoms. The van der Waals surface area contributed by atoms with Crippen LogP contribution >= 0.6 is 0 Å². The molecule has 6 aliphatic carbocycles. The van der Waals surface area contributed by atoms with Crippen molar-refractivity contribution in [2.45, 2.75) is 72.1 Å². The molecule has 0 amide bonds. The van der Waals surface area contributed by atoms with Gasteiger partial charge in [0.15, 0.2) is 0 Å². The summed E-state index contributed by atoms with van der Waals surface area (Å²) in [6.07, 6.45) is 16.7. The largest absolute Gasteiger partial charge is 0.0958 e. The molecule has 0 aromatic carbocycles. The van der Waals surface area contributed by atoms with Crippen LogP contribution in [0.1, 0.15) is 72.1 Å². The van der Waals surface area contributed by atoms with E-state index >= 15 is 0 Å². The molecule has 0 nitrogen and oxygen atoms in total. The molecule has 2 spiro atoms. The lowest BCUT2D eigenvalue weighted by Gasteiger charge is -2.53. The van der Waals surface area contributed by atoms with Crippen LogP contribution in [0.25, 0.3) is 0 Å². The van der Waals surface area contributed by atoms with Gasteiger partial charge >= 0.3 is 0 Å². The fourth-order valence-corrected chi connectivity index (χ4v) is 10.0. The van der Waals surface area contributed by atoms with Crippen LogP contribution in [0.2, 0.25) is 0 Å². The van der Waals surface area contributed by atoms with Crippen LogP contribution in [-0.2, 0) is 0 Å². The van der Waals surface area contributed by atoms with Crippen molar-refractivity contribution in [3.8, 4) is 0 Å². The molecule has 8 atom stereocenters. The zero-order chi connectivity index (χ0) is 17.2. The molecular weight excluding hydrogens is 300 g/mol. The summed E-state index contributed by atoms with van der Waals surface area (Å²) < 4.78 is 0. The lowest BCUT2D eigenvalue weighted by molar-refractivity contribution is -0.0256. The van der Waals surface area contributed by atoms with E-state index in [1.54, 1.807) is 5.57 Å². The maximum Gasteiger partial charge on any atom is 0.00146 e. The van der Waals surface area contributed by atoms with Crippen molar-refractivity contribution < 1.29 is 0 Å². The molecule has 5 saturated carbocycles. The number of rotatable bonds is 0. The van der Waals surface area contributed by atoms with E-state index in [0.717, 1.165) is 29.6 Å². The Labute approximate surface area is 153 Å². The highest BCUT2D eigenvalue weighted by atomic mass is 14.9. The summed E-state index contributed by atoms with van der Waals surface area (Å²) in [5.41, 5.74) is 6.97. The van der Waals surface area contributed by atoms with Crippen LogP contribution in [-0.4, -0.2) is 0 Å². The highest BCUT2D eigenvalue weighted by molar-refractivity contribution is 5.50. The van der Waals surface area contributed by atoms with Crippen molar-refractivity contribution in [3.63, 3.8) is 0 Å². The number of hydrogen-bond acceptors (Lipinski definition) is 0. The standard InChI is InChI=1S/C25H34/c1-5-18-6-7-20-19-13-17-14-25(21(19)9-10-23(18,20)4)16(3)24(25)11-8-15(2)12-22(17)24/h5,12,16-17,19-21H,2,6-11,13-14H2,1,3-4H3/b18-5-. The summed E-state index contributed by atoms with van der Waals surface area (Å²) >= 11 is 0. The van der Waals surface area contributed by atoms with E-state index in [1.807, 2.05) is 5.57 Å². The predicted octanol–water partition coefficient (Wildman–Crippen LogP) is 6.70. The lowest BCUT2D eigenvalue weighted by atomic mass is 9.51.